The highest BCUT2D eigenvalue weighted by atomic mass is 16.5. The highest BCUT2D eigenvalue weighted by Crippen LogP contribution is 2.53. The quantitative estimate of drug-likeness (QED) is 0.560. The van der Waals surface area contributed by atoms with E-state index in [0.29, 0.717) is 6.04 Å². The molecule has 0 radical (unpaired) electrons. The summed E-state index contributed by atoms with van der Waals surface area (Å²) in [6.07, 6.45) is 6.48. The molecule has 1 heterocycles. The van der Waals surface area contributed by atoms with Crippen molar-refractivity contribution < 1.29 is 9.84 Å². The van der Waals surface area contributed by atoms with Crippen LogP contribution in [-0.2, 0) is 20.6 Å². The Labute approximate surface area is 200 Å². The fraction of sp³-hybridized carbons (Fsp3) is 0.536. The maximum Gasteiger partial charge on any atom is 0.328 e. The zero-order valence-electron chi connectivity index (χ0n) is 20.1. The van der Waals surface area contributed by atoms with Crippen LogP contribution in [0.4, 0.5) is 0 Å². The van der Waals surface area contributed by atoms with E-state index in [0.717, 1.165) is 52.6 Å². The Morgan fingerprint density at radius 3 is 2.26 bits per heavy atom. The molecule has 2 aromatic carbocycles. The molecule has 2 N–H and O–H groups in total. The number of hydrogen-bond acceptors (Lipinski definition) is 4. The fourth-order valence-corrected chi connectivity index (χ4v) is 7.20. The van der Waals surface area contributed by atoms with E-state index in [1.807, 2.05) is 30.3 Å². The van der Waals surface area contributed by atoms with Gasteiger partial charge >= 0.3 is 5.69 Å². The monoisotopic (exact) mass is 461 g/mol. The first-order valence-corrected chi connectivity index (χ1v) is 12.7. The zero-order valence-corrected chi connectivity index (χ0v) is 20.1. The van der Waals surface area contributed by atoms with Crippen LogP contribution in [0.5, 0.6) is 5.75 Å². The number of fused-ring (bicyclic) bond motifs is 1. The van der Waals surface area contributed by atoms with Gasteiger partial charge < -0.3 is 15.2 Å². The van der Waals surface area contributed by atoms with Gasteiger partial charge in [0.05, 0.1) is 11.0 Å². The average molecular weight is 462 g/mol. The lowest BCUT2D eigenvalue weighted by molar-refractivity contribution is -0.0142. The number of imidazole rings is 1. The minimum absolute atomic E-state index is 0.0734. The first kappa shape index (κ1) is 21.9. The molecular weight excluding hydrogens is 426 g/mol. The van der Waals surface area contributed by atoms with Crippen LogP contribution in [0, 0.1) is 23.7 Å². The Morgan fingerprint density at radius 1 is 0.941 bits per heavy atom. The molecule has 4 fully saturated rings. The van der Waals surface area contributed by atoms with Gasteiger partial charge in [0.1, 0.15) is 18.5 Å². The number of aliphatic hydroxyl groups excluding tert-OH is 1. The lowest BCUT2D eigenvalue weighted by Crippen LogP contribution is -2.54. The second kappa shape index (κ2) is 8.58. The fourth-order valence-electron chi connectivity index (χ4n) is 7.20. The minimum Gasteiger partial charge on any atom is -0.491 e. The second-order valence-electron chi connectivity index (χ2n) is 11.0. The molecule has 4 aliphatic carbocycles. The molecule has 180 valence electrons. The van der Waals surface area contributed by atoms with Gasteiger partial charge in [-0.15, -0.1) is 0 Å². The first-order chi connectivity index (χ1) is 16.5. The first-order valence-electron chi connectivity index (χ1n) is 12.7. The smallest absolute Gasteiger partial charge is 0.328 e. The van der Waals surface area contributed by atoms with Crippen LogP contribution in [0.1, 0.15) is 49.3 Å². The molecule has 34 heavy (non-hydrogen) atoms. The summed E-state index contributed by atoms with van der Waals surface area (Å²) in [6.45, 7) is 1.07. The molecule has 6 heteroatoms. The van der Waals surface area contributed by atoms with E-state index in [1.165, 1.54) is 37.7 Å². The van der Waals surface area contributed by atoms with Gasteiger partial charge in [-0.2, -0.15) is 0 Å². The van der Waals surface area contributed by atoms with Crippen LogP contribution in [0.3, 0.4) is 0 Å². The molecular formula is C28H35N3O3. The van der Waals surface area contributed by atoms with Gasteiger partial charge in [-0.25, -0.2) is 4.79 Å². The second-order valence-corrected chi connectivity index (χ2v) is 11.0. The van der Waals surface area contributed by atoms with Crippen molar-refractivity contribution in [3.8, 4) is 5.75 Å². The number of nitrogens with one attached hydrogen (secondary N) is 1. The highest BCUT2D eigenvalue weighted by molar-refractivity contribution is 5.77. The third-order valence-electron chi connectivity index (χ3n) is 8.78. The van der Waals surface area contributed by atoms with Crippen molar-refractivity contribution in [2.24, 2.45) is 37.8 Å². The Balaban J connectivity index is 1.04. The lowest BCUT2D eigenvalue weighted by Gasteiger charge is -2.54. The van der Waals surface area contributed by atoms with Gasteiger partial charge in [-0.3, -0.25) is 9.13 Å². The summed E-state index contributed by atoms with van der Waals surface area (Å²) in [5, 5.41) is 14.6. The van der Waals surface area contributed by atoms with Crippen molar-refractivity contribution in [1.29, 1.82) is 0 Å². The van der Waals surface area contributed by atoms with Crippen molar-refractivity contribution in [3.63, 3.8) is 0 Å². The maximum absolute atomic E-state index is 12.1. The summed E-state index contributed by atoms with van der Waals surface area (Å²) < 4.78 is 9.09. The van der Waals surface area contributed by atoms with E-state index < -0.39 is 6.10 Å². The SMILES string of the molecule is Cn1c(=O)n(C)c2cc(C(O)COc3ccc(CNC4C5CC6CC(C5)CC4C6)cc3)ccc21. The molecule has 0 spiro atoms. The number of nitrogens with zero attached hydrogens (tertiary/aromatic N) is 2. The predicted octanol–water partition coefficient (Wildman–Crippen LogP) is 3.90. The topological polar surface area (TPSA) is 68.4 Å². The van der Waals surface area contributed by atoms with Gasteiger partial charge in [0.25, 0.3) is 0 Å². The lowest BCUT2D eigenvalue weighted by atomic mass is 9.54. The molecule has 6 nitrogen and oxygen atoms in total. The summed E-state index contributed by atoms with van der Waals surface area (Å²) in [6, 6.07) is 14.5. The minimum atomic E-state index is -0.766. The van der Waals surface area contributed by atoms with Gasteiger partial charge in [0.15, 0.2) is 0 Å². The van der Waals surface area contributed by atoms with Crippen LogP contribution in [-0.4, -0.2) is 26.9 Å². The largest absolute Gasteiger partial charge is 0.491 e. The van der Waals surface area contributed by atoms with E-state index in [-0.39, 0.29) is 12.3 Å². The highest BCUT2D eigenvalue weighted by Gasteiger charge is 2.47. The van der Waals surface area contributed by atoms with Crippen LogP contribution in [0.15, 0.2) is 47.3 Å². The molecule has 7 rings (SSSR count). The van der Waals surface area contributed by atoms with E-state index in [2.05, 4.69) is 17.4 Å². The third-order valence-corrected chi connectivity index (χ3v) is 8.78. The molecule has 1 atom stereocenters. The predicted molar refractivity (Wildman–Crippen MR) is 133 cm³/mol. The molecule has 4 bridgehead atoms. The number of hydrogen-bond donors (Lipinski definition) is 2. The molecule has 0 aliphatic heterocycles. The third kappa shape index (κ3) is 3.87. The Hall–Kier alpha value is -2.57. The number of rotatable bonds is 7. The van der Waals surface area contributed by atoms with Crippen molar-refractivity contribution in [2.75, 3.05) is 6.61 Å². The standard InChI is InChI=1S/C28H35N3O3/c1-30-24-8-5-20(14-25(24)31(2)28(30)33)26(32)16-34-23-6-3-17(4-7-23)15-29-27-21-10-18-9-19(12-21)13-22(27)11-18/h3-8,14,18-19,21-22,26-27,29,32H,9-13,15-16H2,1-2H3. The summed E-state index contributed by atoms with van der Waals surface area (Å²) in [5.41, 5.74) is 3.60. The van der Waals surface area contributed by atoms with Crippen molar-refractivity contribution in [3.05, 3.63) is 64.1 Å². The average Bonchev–Trinajstić information content (AvgIpc) is 3.06. The molecule has 0 amide bonds. The summed E-state index contributed by atoms with van der Waals surface area (Å²) in [7, 11) is 3.50. The van der Waals surface area contributed by atoms with E-state index >= 15 is 0 Å². The van der Waals surface area contributed by atoms with Crippen LogP contribution in [0.2, 0.25) is 0 Å². The molecule has 3 aromatic rings. The van der Waals surface area contributed by atoms with Gasteiger partial charge in [-0.05, 0) is 91.2 Å². The van der Waals surface area contributed by atoms with Crippen molar-refractivity contribution in [1.82, 2.24) is 14.5 Å². The van der Waals surface area contributed by atoms with E-state index in [9.17, 15) is 9.90 Å². The van der Waals surface area contributed by atoms with Crippen LogP contribution >= 0.6 is 0 Å². The summed E-state index contributed by atoms with van der Waals surface area (Å²) >= 11 is 0. The van der Waals surface area contributed by atoms with E-state index in [4.69, 9.17) is 4.74 Å². The summed E-state index contributed by atoms with van der Waals surface area (Å²) in [4.78, 5) is 12.1. The normalized spacial score (nSPS) is 28.5. The molecule has 4 saturated carbocycles. The molecule has 1 aromatic heterocycles. The molecule has 0 saturated heterocycles. The number of aliphatic hydroxyl groups is 1. The van der Waals surface area contributed by atoms with Gasteiger partial charge in [0.2, 0.25) is 0 Å². The van der Waals surface area contributed by atoms with Gasteiger partial charge in [-0.1, -0.05) is 18.2 Å². The van der Waals surface area contributed by atoms with Gasteiger partial charge in [0, 0.05) is 26.7 Å². The Bertz CT molecular complexity index is 1210. The van der Waals surface area contributed by atoms with E-state index in [1.54, 1.807) is 23.2 Å². The van der Waals surface area contributed by atoms with Crippen molar-refractivity contribution in [2.45, 2.75) is 50.8 Å². The van der Waals surface area contributed by atoms with Crippen molar-refractivity contribution >= 4 is 11.0 Å². The van der Waals surface area contributed by atoms with Crippen LogP contribution in [0.25, 0.3) is 11.0 Å². The number of benzene rings is 2. The molecule has 4 aliphatic rings. The number of aryl methyl sites for hydroxylation is 2. The Kier molecular flexibility index (Phi) is 5.53. The molecule has 1 unspecified atom stereocenters. The maximum atomic E-state index is 12.1. The number of ether oxygens (including phenoxy) is 1. The number of aromatic nitrogens is 2. The summed E-state index contributed by atoms with van der Waals surface area (Å²) in [5.74, 6) is 4.55. The van der Waals surface area contributed by atoms with Crippen LogP contribution < -0.4 is 15.7 Å². The zero-order chi connectivity index (χ0) is 23.4. The Morgan fingerprint density at radius 2 is 1.59 bits per heavy atom.